The zero-order valence-corrected chi connectivity index (χ0v) is 14.6. The standard InChI is InChI=1S/C18H25N5O2/c1-2-25-17-5-3-16(4-6-17)21-18(24)15(13-20)14-23-11-9-22(8-7-19)10-12-23/h3-6,14H,2,7-12,19H2,1H3,(H,21,24)/b15-14-. The van der Waals surface area contributed by atoms with Crippen LogP contribution in [0.25, 0.3) is 0 Å². The molecule has 1 saturated heterocycles. The number of benzene rings is 1. The lowest BCUT2D eigenvalue weighted by molar-refractivity contribution is -0.112. The van der Waals surface area contributed by atoms with Gasteiger partial charge in [0.15, 0.2) is 0 Å². The maximum absolute atomic E-state index is 12.3. The third kappa shape index (κ3) is 5.78. The Balaban J connectivity index is 1.93. The Hall–Kier alpha value is -2.56. The maximum atomic E-state index is 12.3. The Morgan fingerprint density at radius 3 is 2.56 bits per heavy atom. The second-order valence-corrected chi connectivity index (χ2v) is 5.73. The van der Waals surface area contributed by atoms with Crippen molar-refractivity contribution in [1.29, 1.82) is 5.26 Å². The largest absolute Gasteiger partial charge is 0.494 e. The highest BCUT2D eigenvalue weighted by Gasteiger charge is 2.16. The van der Waals surface area contributed by atoms with Gasteiger partial charge in [-0.2, -0.15) is 5.26 Å². The molecule has 0 bridgehead atoms. The molecule has 7 heteroatoms. The number of amides is 1. The number of hydrogen-bond acceptors (Lipinski definition) is 6. The molecular weight excluding hydrogens is 318 g/mol. The molecular formula is C18H25N5O2. The van der Waals surface area contributed by atoms with Crippen molar-refractivity contribution < 1.29 is 9.53 Å². The van der Waals surface area contributed by atoms with Crippen molar-refractivity contribution in [2.45, 2.75) is 6.92 Å². The first-order valence-electron chi connectivity index (χ1n) is 8.49. The second-order valence-electron chi connectivity index (χ2n) is 5.73. The van der Waals surface area contributed by atoms with Gasteiger partial charge in [0.1, 0.15) is 17.4 Å². The minimum atomic E-state index is -0.406. The number of ether oxygens (including phenoxy) is 1. The minimum absolute atomic E-state index is 0.0983. The van der Waals surface area contributed by atoms with E-state index in [-0.39, 0.29) is 5.57 Å². The van der Waals surface area contributed by atoms with Crippen molar-refractivity contribution in [3.05, 3.63) is 36.0 Å². The zero-order valence-electron chi connectivity index (χ0n) is 14.6. The number of rotatable bonds is 7. The zero-order chi connectivity index (χ0) is 18.1. The van der Waals surface area contributed by atoms with Gasteiger partial charge in [-0.25, -0.2) is 0 Å². The summed E-state index contributed by atoms with van der Waals surface area (Å²) in [5, 5.41) is 12.0. The van der Waals surface area contributed by atoms with Crippen LogP contribution in [-0.4, -0.2) is 61.6 Å². The number of nitriles is 1. The molecule has 0 aromatic heterocycles. The van der Waals surface area contributed by atoms with E-state index in [1.54, 1.807) is 30.5 Å². The first kappa shape index (κ1) is 18.8. The van der Waals surface area contributed by atoms with Crippen molar-refractivity contribution in [3.8, 4) is 11.8 Å². The summed E-state index contributed by atoms with van der Waals surface area (Å²) >= 11 is 0. The predicted octanol–water partition coefficient (Wildman–Crippen LogP) is 1.01. The Labute approximate surface area is 148 Å². The van der Waals surface area contributed by atoms with Crippen LogP contribution in [0.3, 0.4) is 0 Å². The summed E-state index contributed by atoms with van der Waals surface area (Å²) in [6.07, 6.45) is 1.64. The quantitative estimate of drug-likeness (QED) is 0.567. The van der Waals surface area contributed by atoms with E-state index in [4.69, 9.17) is 10.5 Å². The number of carbonyl (C=O) groups excluding carboxylic acids is 1. The molecule has 0 saturated carbocycles. The van der Waals surface area contributed by atoms with E-state index in [2.05, 4.69) is 10.2 Å². The fraction of sp³-hybridized carbons (Fsp3) is 0.444. The van der Waals surface area contributed by atoms with Gasteiger partial charge in [-0.1, -0.05) is 0 Å². The molecule has 0 atom stereocenters. The SMILES string of the molecule is CCOc1ccc(NC(=O)/C(C#N)=C\N2CCN(CCN)CC2)cc1. The van der Waals surface area contributed by atoms with Crippen molar-refractivity contribution >= 4 is 11.6 Å². The lowest BCUT2D eigenvalue weighted by Gasteiger charge is -2.33. The average Bonchev–Trinajstić information content (AvgIpc) is 2.63. The molecule has 0 radical (unpaired) electrons. The third-order valence-corrected chi connectivity index (χ3v) is 3.95. The number of nitrogens with one attached hydrogen (secondary N) is 1. The van der Waals surface area contributed by atoms with Gasteiger partial charge >= 0.3 is 0 Å². The summed E-state index contributed by atoms with van der Waals surface area (Å²) in [7, 11) is 0. The van der Waals surface area contributed by atoms with Gasteiger partial charge in [-0.05, 0) is 31.2 Å². The average molecular weight is 343 g/mol. The van der Waals surface area contributed by atoms with E-state index in [9.17, 15) is 10.1 Å². The summed E-state index contributed by atoms with van der Waals surface area (Å²) in [4.78, 5) is 16.6. The minimum Gasteiger partial charge on any atom is -0.494 e. The van der Waals surface area contributed by atoms with E-state index >= 15 is 0 Å². The summed E-state index contributed by atoms with van der Waals surface area (Å²) in [5.74, 6) is 0.336. The molecule has 3 N–H and O–H groups in total. The molecule has 1 aliphatic heterocycles. The third-order valence-electron chi connectivity index (χ3n) is 3.95. The highest BCUT2D eigenvalue weighted by atomic mass is 16.5. The Kier molecular flexibility index (Phi) is 7.26. The monoisotopic (exact) mass is 343 g/mol. The van der Waals surface area contributed by atoms with Crippen molar-refractivity contribution in [3.63, 3.8) is 0 Å². The van der Waals surface area contributed by atoms with Crippen LogP contribution in [0, 0.1) is 11.3 Å². The van der Waals surface area contributed by atoms with E-state index in [1.807, 2.05) is 17.9 Å². The normalized spacial score (nSPS) is 15.6. The number of hydrogen-bond donors (Lipinski definition) is 2. The van der Waals surface area contributed by atoms with Crippen LogP contribution in [0.15, 0.2) is 36.0 Å². The van der Waals surface area contributed by atoms with Crippen LogP contribution in [0.2, 0.25) is 0 Å². The smallest absolute Gasteiger partial charge is 0.267 e. The molecule has 134 valence electrons. The molecule has 1 amide bonds. The van der Waals surface area contributed by atoms with E-state index < -0.39 is 5.91 Å². The predicted molar refractivity (Wildman–Crippen MR) is 97.0 cm³/mol. The number of anilines is 1. The van der Waals surface area contributed by atoms with Crippen LogP contribution < -0.4 is 15.8 Å². The van der Waals surface area contributed by atoms with Crippen molar-refractivity contribution in [2.24, 2.45) is 5.73 Å². The Morgan fingerprint density at radius 2 is 2.00 bits per heavy atom. The van der Waals surface area contributed by atoms with Crippen LogP contribution in [0.1, 0.15) is 6.92 Å². The van der Waals surface area contributed by atoms with Crippen LogP contribution in [-0.2, 0) is 4.79 Å². The van der Waals surface area contributed by atoms with Crippen LogP contribution in [0.4, 0.5) is 5.69 Å². The maximum Gasteiger partial charge on any atom is 0.267 e. The highest BCUT2D eigenvalue weighted by Crippen LogP contribution is 2.16. The van der Waals surface area contributed by atoms with E-state index in [0.29, 0.717) is 18.8 Å². The molecule has 1 aromatic carbocycles. The molecule has 2 rings (SSSR count). The summed E-state index contributed by atoms with van der Waals surface area (Å²) in [5.41, 5.74) is 6.29. The van der Waals surface area contributed by atoms with Crippen molar-refractivity contribution in [2.75, 3.05) is 51.2 Å². The Bertz CT molecular complexity index is 628. The fourth-order valence-electron chi connectivity index (χ4n) is 2.62. The van der Waals surface area contributed by atoms with Gasteiger partial charge in [0.2, 0.25) is 0 Å². The van der Waals surface area contributed by atoms with Gasteiger partial charge in [0.05, 0.1) is 6.61 Å². The molecule has 1 heterocycles. The van der Waals surface area contributed by atoms with Gasteiger partial charge in [-0.15, -0.1) is 0 Å². The highest BCUT2D eigenvalue weighted by molar-refractivity contribution is 6.06. The molecule has 0 aliphatic carbocycles. The first-order valence-corrected chi connectivity index (χ1v) is 8.49. The number of carbonyl (C=O) groups is 1. The molecule has 0 unspecified atom stereocenters. The number of nitrogens with zero attached hydrogens (tertiary/aromatic N) is 3. The van der Waals surface area contributed by atoms with Crippen LogP contribution >= 0.6 is 0 Å². The first-order chi connectivity index (χ1) is 12.2. The number of nitrogens with two attached hydrogens (primary N) is 1. The fourth-order valence-corrected chi connectivity index (χ4v) is 2.62. The van der Waals surface area contributed by atoms with E-state index in [1.165, 1.54) is 0 Å². The lowest BCUT2D eigenvalue weighted by Crippen LogP contribution is -2.45. The van der Waals surface area contributed by atoms with Crippen molar-refractivity contribution in [1.82, 2.24) is 9.80 Å². The topological polar surface area (TPSA) is 94.6 Å². The summed E-state index contributed by atoms with van der Waals surface area (Å²) < 4.78 is 5.37. The molecule has 0 spiro atoms. The lowest BCUT2D eigenvalue weighted by atomic mass is 10.2. The molecule has 7 nitrogen and oxygen atoms in total. The molecule has 25 heavy (non-hydrogen) atoms. The van der Waals surface area contributed by atoms with Gasteiger partial charge in [-0.3, -0.25) is 9.69 Å². The Morgan fingerprint density at radius 1 is 1.32 bits per heavy atom. The molecule has 1 aliphatic rings. The molecule has 1 fully saturated rings. The van der Waals surface area contributed by atoms with Gasteiger partial charge < -0.3 is 20.7 Å². The van der Waals surface area contributed by atoms with E-state index in [0.717, 1.165) is 38.5 Å². The summed E-state index contributed by atoms with van der Waals surface area (Å²) in [6.45, 7) is 7.34. The second kappa shape index (κ2) is 9.67. The molecule has 1 aromatic rings. The van der Waals surface area contributed by atoms with Gasteiger partial charge in [0, 0.05) is 51.2 Å². The van der Waals surface area contributed by atoms with Gasteiger partial charge in [0.25, 0.3) is 5.91 Å². The van der Waals surface area contributed by atoms with Crippen LogP contribution in [0.5, 0.6) is 5.75 Å². The number of piperazine rings is 1. The summed E-state index contributed by atoms with van der Waals surface area (Å²) in [6, 6.07) is 9.06.